The van der Waals surface area contributed by atoms with Gasteiger partial charge in [-0.1, -0.05) is 47.5 Å². The van der Waals surface area contributed by atoms with Crippen molar-refractivity contribution >= 4 is 8.58 Å². The molecule has 0 radical (unpaired) electrons. The zero-order valence-electron chi connectivity index (χ0n) is 15.5. The van der Waals surface area contributed by atoms with Gasteiger partial charge in [0.05, 0.1) is 5.60 Å². The Morgan fingerprint density at radius 2 is 1.52 bits per heavy atom. The zero-order valence-corrected chi connectivity index (χ0v) is 16.5. The fraction of sp³-hybridized carbons (Fsp3) is 1.00. The fourth-order valence-corrected chi connectivity index (χ4v) is 3.49. The summed E-state index contributed by atoms with van der Waals surface area (Å²) in [6.45, 7) is 16.2. The predicted molar refractivity (Wildman–Crippen MR) is 99.0 cm³/mol. The first kappa shape index (κ1) is 21.4. The number of aliphatic hydroxyl groups is 1. The second-order valence-electron chi connectivity index (χ2n) is 7.14. The van der Waals surface area contributed by atoms with E-state index in [1.54, 1.807) is 0 Å². The average molecular weight is 317 g/mol. The Bertz CT molecular complexity index is 242. The van der Waals surface area contributed by atoms with Gasteiger partial charge in [0, 0.05) is 13.1 Å². The lowest BCUT2D eigenvalue weighted by Crippen LogP contribution is -2.51. The van der Waals surface area contributed by atoms with Crippen LogP contribution in [0.1, 0.15) is 73.1 Å². The maximum absolute atomic E-state index is 10.7. The minimum absolute atomic E-state index is 0.0139. The zero-order chi connectivity index (χ0) is 16.4. The first-order valence-corrected chi connectivity index (χ1v) is 10.7. The van der Waals surface area contributed by atoms with E-state index in [0.29, 0.717) is 0 Å². The molecule has 0 saturated carbocycles. The SMILES string of the molecule is CC.CPCCCCCCN1CCC(O)(C(C)(C)C)CC1. The van der Waals surface area contributed by atoms with E-state index in [2.05, 4.69) is 32.3 Å². The predicted octanol–water partition coefficient (Wildman–Crippen LogP) is 4.75. The third-order valence-corrected chi connectivity index (χ3v) is 5.58. The van der Waals surface area contributed by atoms with E-state index in [9.17, 15) is 5.11 Å². The van der Waals surface area contributed by atoms with Gasteiger partial charge in [-0.2, -0.15) is 0 Å². The van der Waals surface area contributed by atoms with Gasteiger partial charge in [-0.15, -0.1) is 8.58 Å². The van der Waals surface area contributed by atoms with E-state index >= 15 is 0 Å². The monoisotopic (exact) mass is 317 g/mol. The summed E-state index contributed by atoms with van der Waals surface area (Å²) in [7, 11) is 1.12. The summed E-state index contributed by atoms with van der Waals surface area (Å²) in [5.74, 6) is 0. The highest BCUT2D eigenvalue weighted by Gasteiger charge is 2.41. The maximum atomic E-state index is 10.7. The summed E-state index contributed by atoms with van der Waals surface area (Å²) in [6, 6.07) is 0. The summed E-state index contributed by atoms with van der Waals surface area (Å²) in [6.07, 6.45) is 8.83. The van der Waals surface area contributed by atoms with Crippen molar-refractivity contribution < 1.29 is 5.11 Å². The Kier molecular flexibility index (Phi) is 11.2. The molecule has 1 rings (SSSR count). The smallest absolute Gasteiger partial charge is 0.0720 e. The van der Waals surface area contributed by atoms with Crippen molar-refractivity contribution in [1.82, 2.24) is 4.90 Å². The number of unbranched alkanes of at least 4 members (excludes halogenated alkanes) is 3. The quantitative estimate of drug-likeness (QED) is 0.541. The van der Waals surface area contributed by atoms with Crippen LogP contribution in [0.3, 0.4) is 0 Å². The Labute approximate surface area is 135 Å². The second-order valence-corrected chi connectivity index (χ2v) is 8.35. The summed E-state index contributed by atoms with van der Waals surface area (Å²) in [5.41, 5.74) is -0.439. The molecule has 0 aromatic heterocycles. The van der Waals surface area contributed by atoms with Gasteiger partial charge in [0.25, 0.3) is 0 Å². The third-order valence-electron chi connectivity index (χ3n) is 4.73. The van der Waals surface area contributed by atoms with Gasteiger partial charge in [0.15, 0.2) is 0 Å². The van der Waals surface area contributed by atoms with Gasteiger partial charge in [-0.25, -0.2) is 0 Å². The van der Waals surface area contributed by atoms with E-state index < -0.39 is 5.60 Å². The minimum atomic E-state index is -0.453. The van der Waals surface area contributed by atoms with Gasteiger partial charge >= 0.3 is 0 Å². The van der Waals surface area contributed by atoms with Crippen LogP contribution in [0.2, 0.25) is 0 Å². The van der Waals surface area contributed by atoms with Gasteiger partial charge in [0.2, 0.25) is 0 Å². The molecule has 0 aromatic rings. The molecular weight excluding hydrogens is 277 g/mol. The molecule has 0 aromatic carbocycles. The first-order chi connectivity index (χ1) is 9.89. The number of rotatable bonds is 7. The number of hydrogen-bond acceptors (Lipinski definition) is 2. The highest BCUT2D eigenvalue weighted by Crippen LogP contribution is 2.38. The van der Waals surface area contributed by atoms with Crippen molar-refractivity contribution in [2.24, 2.45) is 5.41 Å². The van der Waals surface area contributed by atoms with Crippen molar-refractivity contribution in [2.75, 3.05) is 32.5 Å². The molecule has 128 valence electrons. The van der Waals surface area contributed by atoms with Crippen LogP contribution in [-0.2, 0) is 0 Å². The van der Waals surface area contributed by atoms with E-state index in [0.717, 1.165) is 34.5 Å². The summed E-state index contributed by atoms with van der Waals surface area (Å²) >= 11 is 0. The molecule has 1 N–H and O–H groups in total. The molecule has 1 fully saturated rings. The largest absolute Gasteiger partial charge is 0.389 e. The van der Waals surface area contributed by atoms with Crippen LogP contribution in [0.5, 0.6) is 0 Å². The van der Waals surface area contributed by atoms with Crippen LogP contribution in [0, 0.1) is 5.41 Å². The van der Waals surface area contributed by atoms with Gasteiger partial charge < -0.3 is 10.0 Å². The molecule has 0 bridgehead atoms. The lowest BCUT2D eigenvalue weighted by molar-refractivity contribution is -0.0988. The number of likely N-dealkylation sites (tertiary alicyclic amines) is 1. The first-order valence-electron chi connectivity index (χ1n) is 8.98. The second kappa shape index (κ2) is 11.0. The number of piperidine rings is 1. The summed E-state index contributed by atoms with van der Waals surface area (Å²) < 4.78 is 0. The van der Waals surface area contributed by atoms with Crippen LogP contribution in [0.25, 0.3) is 0 Å². The van der Waals surface area contributed by atoms with Crippen molar-refractivity contribution in [3.63, 3.8) is 0 Å². The summed E-state index contributed by atoms with van der Waals surface area (Å²) in [4.78, 5) is 2.54. The molecular formula is C18H40NOP. The van der Waals surface area contributed by atoms with E-state index in [4.69, 9.17) is 0 Å². The highest BCUT2D eigenvalue weighted by molar-refractivity contribution is 7.36. The normalized spacial score (nSPS) is 19.6. The molecule has 0 amide bonds. The Morgan fingerprint density at radius 3 is 2.00 bits per heavy atom. The van der Waals surface area contributed by atoms with Crippen molar-refractivity contribution in [1.29, 1.82) is 0 Å². The molecule has 21 heavy (non-hydrogen) atoms. The molecule has 1 saturated heterocycles. The lowest BCUT2D eigenvalue weighted by Gasteiger charge is -2.46. The molecule has 1 aliphatic heterocycles. The van der Waals surface area contributed by atoms with Crippen molar-refractivity contribution in [3.8, 4) is 0 Å². The molecule has 1 unspecified atom stereocenters. The average Bonchev–Trinajstić information content (AvgIpc) is 2.46. The molecule has 1 aliphatic rings. The number of hydrogen-bond donors (Lipinski definition) is 1. The van der Waals surface area contributed by atoms with Crippen LogP contribution >= 0.6 is 8.58 Å². The standard InChI is InChI=1S/C16H34NOP.C2H6/c1-15(2,3)16(18)9-12-17(13-10-16)11-7-5-6-8-14-19-4;1-2/h18-19H,5-14H2,1-4H3;1-2H3. The van der Waals surface area contributed by atoms with Gasteiger partial charge in [0.1, 0.15) is 0 Å². The van der Waals surface area contributed by atoms with E-state index in [1.807, 2.05) is 13.8 Å². The molecule has 3 heteroatoms. The van der Waals surface area contributed by atoms with Crippen LogP contribution in [0.4, 0.5) is 0 Å². The van der Waals surface area contributed by atoms with E-state index in [-0.39, 0.29) is 5.41 Å². The highest BCUT2D eigenvalue weighted by atomic mass is 31.1. The van der Waals surface area contributed by atoms with Crippen molar-refractivity contribution in [3.05, 3.63) is 0 Å². The molecule has 1 atom stereocenters. The van der Waals surface area contributed by atoms with Crippen LogP contribution in [-0.4, -0.2) is 48.1 Å². The van der Waals surface area contributed by atoms with Gasteiger partial charge in [-0.3, -0.25) is 0 Å². The molecule has 1 heterocycles. The lowest BCUT2D eigenvalue weighted by atomic mass is 9.71. The summed E-state index contributed by atoms with van der Waals surface area (Å²) in [5, 5.41) is 10.7. The molecule has 2 nitrogen and oxygen atoms in total. The molecule has 0 spiro atoms. The number of nitrogens with zero attached hydrogens (tertiary/aromatic N) is 1. The van der Waals surface area contributed by atoms with E-state index in [1.165, 1.54) is 38.4 Å². The Morgan fingerprint density at radius 1 is 1.00 bits per heavy atom. The Balaban J connectivity index is 0.00000191. The van der Waals surface area contributed by atoms with Gasteiger partial charge in [-0.05, 0) is 50.5 Å². The third kappa shape index (κ3) is 7.95. The van der Waals surface area contributed by atoms with Crippen LogP contribution < -0.4 is 0 Å². The Hall–Kier alpha value is 0.350. The fourth-order valence-electron chi connectivity index (χ4n) is 2.89. The molecule has 0 aliphatic carbocycles. The minimum Gasteiger partial charge on any atom is -0.389 e. The van der Waals surface area contributed by atoms with Crippen molar-refractivity contribution in [2.45, 2.75) is 78.7 Å². The maximum Gasteiger partial charge on any atom is 0.0720 e. The van der Waals surface area contributed by atoms with Crippen LogP contribution in [0.15, 0.2) is 0 Å². The topological polar surface area (TPSA) is 23.5 Å².